The molecule has 1 aromatic heterocycles. The van der Waals surface area contributed by atoms with E-state index in [1.807, 2.05) is 30.3 Å². The van der Waals surface area contributed by atoms with E-state index in [2.05, 4.69) is 15.6 Å². The highest BCUT2D eigenvalue weighted by Gasteiger charge is 2.15. The number of nitrogens with one attached hydrogen (secondary N) is 1. The number of aromatic nitrogens is 2. The highest BCUT2D eigenvalue weighted by molar-refractivity contribution is 6.30. The average Bonchev–Trinajstić information content (AvgIpc) is 3.11. The second kappa shape index (κ2) is 8.30. The zero-order valence-electron chi connectivity index (χ0n) is 13.6. The summed E-state index contributed by atoms with van der Waals surface area (Å²) in [6, 6.07) is 13.9. The SMILES string of the molecule is O=[N+]([O-])c1cc(Cl)ccc1NCCCOc1nonc1-c1ccccc1. The second-order valence-electron chi connectivity index (χ2n) is 5.33. The van der Waals surface area contributed by atoms with Crippen LogP contribution in [0.1, 0.15) is 6.42 Å². The molecule has 9 heteroatoms. The van der Waals surface area contributed by atoms with Crippen molar-refractivity contribution in [2.24, 2.45) is 0 Å². The van der Waals surface area contributed by atoms with Gasteiger partial charge in [0.2, 0.25) is 0 Å². The third-order valence-corrected chi connectivity index (χ3v) is 3.77. The number of halogens is 1. The van der Waals surface area contributed by atoms with E-state index in [4.69, 9.17) is 21.0 Å². The van der Waals surface area contributed by atoms with E-state index in [0.29, 0.717) is 41.9 Å². The molecular formula is C17H15ClN4O4. The van der Waals surface area contributed by atoms with Crippen LogP contribution in [0.4, 0.5) is 11.4 Å². The lowest BCUT2D eigenvalue weighted by atomic mass is 10.2. The van der Waals surface area contributed by atoms with E-state index in [0.717, 1.165) is 5.56 Å². The Bertz CT molecular complexity index is 885. The van der Waals surface area contributed by atoms with Gasteiger partial charge >= 0.3 is 0 Å². The molecule has 1 N–H and O–H groups in total. The number of hydrogen-bond donors (Lipinski definition) is 1. The van der Waals surface area contributed by atoms with Gasteiger partial charge in [0.1, 0.15) is 5.69 Å². The number of rotatable bonds is 8. The zero-order valence-corrected chi connectivity index (χ0v) is 14.3. The Kier molecular flexibility index (Phi) is 5.65. The number of anilines is 1. The van der Waals surface area contributed by atoms with Crippen molar-refractivity contribution >= 4 is 23.0 Å². The van der Waals surface area contributed by atoms with E-state index < -0.39 is 4.92 Å². The minimum absolute atomic E-state index is 0.0644. The molecule has 0 aliphatic heterocycles. The minimum Gasteiger partial charge on any atom is -0.474 e. The summed E-state index contributed by atoms with van der Waals surface area (Å²) >= 11 is 5.79. The van der Waals surface area contributed by atoms with Crippen LogP contribution in [-0.4, -0.2) is 28.4 Å². The average molecular weight is 375 g/mol. The number of nitro groups is 1. The Morgan fingerprint density at radius 1 is 1.19 bits per heavy atom. The fraction of sp³-hybridized carbons (Fsp3) is 0.176. The first kappa shape index (κ1) is 17.7. The highest BCUT2D eigenvalue weighted by Crippen LogP contribution is 2.28. The summed E-state index contributed by atoms with van der Waals surface area (Å²) in [5.41, 5.74) is 1.73. The summed E-state index contributed by atoms with van der Waals surface area (Å²) in [5.74, 6) is 0.314. The normalized spacial score (nSPS) is 10.5. The quantitative estimate of drug-likeness (QED) is 0.358. The molecule has 0 saturated heterocycles. The van der Waals surface area contributed by atoms with Crippen LogP contribution in [0.2, 0.25) is 5.02 Å². The van der Waals surface area contributed by atoms with Crippen LogP contribution in [0.3, 0.4) is 0 Å². The molecule has 0 aliphatic carbocycles. The maximum atomic E-state index is 11.0. The predicted molar refractivity (Wildman–Crippen MR) is 96.4 cm³/mol. The molecule has 2 aromatic carbocycles. The number of benzene rings is 2. The van der Waals surface area contributed by atoms with Crippen molar-refractivity contribution in [3.8, 4) is 17.1 Å². The largest absolute Gasteiger partial charge is 0.474 e. The van der Waals surface area contributed by atoms with Gasteiger partial charge in [0.15, 0.2) is 5.69 Å². The van der Waals surface area contributed by atoms with Crippen LogP contribution >= 0.6 is 11.6 Å². The van der Waals surface area contributed by atoms with Crippen molar-refractivity contribution in [2.45, 2.75) is 6.42 Å². The van der Waals surface area contributed by atoms with Gasteiger partial charge in [-0.1, -0.05) is 41.9 Å². The molecule has 134 valence electrons. The molecule has 0 unspecified atom stereocenters. The molecule has 3 rings (SSSR count). The van der Waals surface area contributed by atoms with E-state index in [1.54, 1.807) is 12.1 Å². The first-order valence-electron chi connectivity index (χ1n) is 7.84. The molecule has 0 saturated carbocycles. The Morgan fingerprint density at radius 2 is 2.00 bits per heavy atom. The van der Waals surface area contributed by atoms with Crippen molar-refractivity contribution in [3.05, 3.63) is 63.7 Å². The summed E-state index contributed by atoms with van der Waals surface area (Å²) in [5, 5.41) is 22.0. The van der Waals surface area contributed by atoms with Gasteiger partial charge in [-0.2, -0.15) is 0 Å². The Balaban J connectivity index is 1.52. The van der Waals surface area contributed by atoms with E-state index in [-0.39, 0.29) is 5.69 Å². The molecule has 0 fully saturated rings. The van der Waals surface area contributed by atoms with Crippen molar-refractivity contribution in [3.63, 3.8) is 0 Å². The van der Waals surface area contributed by atoms with Crippen LogP contribution < -0.4 is 10.1 Å². The van der Waals surface area contributed by atoms with Crippen LogP contribution in [-0.2, 0) is 0 Å². The number of nitrogens with zero attached hydrogens (tertiary/aromatic N) is 3. The lowest BCUT2D eigenvalue weighted by Gasteiger charge is -2.08. The molecule has 0 bridgehead atoms. The van der Waals surface area contributed by atoms with Gasteiger partial charge in [-0.3, -0.25) is 10.1 Å². The molecule has 3 aromatic rings. The van der Waals surface area contributed by atoms with E-state index in [1.165, 1.54) is 6.07 Å². The summed E-state index contributed by atoms with van der Waals surface area (Å²) in [6.07, 6.45) is 0.598. The standard InChI is InChI=1S/C17H15ClN4O4/c18-13-7-8-14(15(11-13)22(23)24)19-9-4-10-25-17-16(20-26-21-17)12-5-2-1-3-6-12/h1-3,5-8,11,19H,4,9-10H2. The van der Waals surface area contributed by atoms with Crippen molar-refractivity contribution in [2.75, 3.05) is 18.5 Å². The molecule has 0 radical (unpaired) electrons. The van der Waals surface area contributed by atoms with Gasteiger partial charge < -0.3 is 10.1 Å². The summed E-state index contributed by atoms with van der Waals surface area (Å²) < 4.78 is 10.4. The maximum Gasteiger partial charge on any atom is 0.293 e. The molecule has 0 atom stereocenters. The number of ether oxygens (including phenoxy) is 1. The summed E-state index contributed by atoms with van der Waals surface area (Å²) in [4.78, 5) is 10.6. The fourth-order valence-corrected chi connectivity index (χ4v) is 2.48. The topological polar surface area (TPSA) is 103 Å². The first-order valence-corrected chi connectivity index (χ1v) is 8.21. The van der Waals surface area contributed by atoms with Crippen LogP contribution in [0, 0.1) is 10.1 Å². The van der Waals surface area contributed by atoms with Crippen molar-refractivity contribution in [1.29, 1.82) is 0 Å². The van der Waals surface area contributed by atoms with Crippen LogP contribution in [0.5, 0.6) is 5.88 Å². The predicted octanol–water partition coefficient (Wildman–Crippen LogP) is 4.18. The van der Waals surface area contributed by atoms with Gasteiger partial charge in [-0.05, 0) is 28.9 Å². The fourth-order valence-electron chi connectivity index (χ4n) is 2.32. The molecule has 26 heavy (non-hydrogen) atoms. The van der Waals surface area contributed by atoms with Gasteiger partial charge in [0.05, 0.1) is 11.5 Å². The summed E-state index contributed by atoms with van der Waals surface area (Å²) in [6.45, 7) is 0.830. The van der Waals surface area contributed by atoms with Gasteiger partial charge in [0, 0.05) is 23.2 Å². The lowest BCUT2D eigenvalue weighted by molar-refractivity contribution is -0.383. The van der Waals surface area contributed by atoms with Gasteiger partial charge in [-0.15, -0.1) is 0 Å². The molecular weight excluding hydrogens is 360 g/mol. The first-order chi connectivity index (χ1) is 12.6. The molecule has 0 spiro atoms. The van der Waals surface area contributed by atoms with E-state index >= 15 is 0 Å². The lowest BCUT2D eigenvalue weighted by Crippen LogP contribution is -2.09. The third kappa shape index (κ3) is 4.28. The van der Waals surface area contributed by atoms with E-state index in [9.17, 15) is 10.1 Å². The number of nitro benzene ring substituents is 1. The Hall–Kier alpha value is -3.13. The molecule has 1 heterocycles. The molecule has 0 aliphatic rings. The maximum absolute atomic E-state index is 11.0. The minimum atomic E-state index is -0.474. The second-order valence-corrected chi connectivity index (χ2v) is 5.77. The zero-order chi connectivity index (χ0) is 18.4. The van der Waals surface area contributed by atoms with Crippen molar-refractivity contribution < 1.29 is 14.3 Å². The van der Waals surface area contributed by atoms with Crippen molar-refractivity contribution in [1.82, 2.24) is 10.3 Å². The smallest absolute Gasteiger partial charge is 0.293 e. The van der Waals surface area contributed by atoms with Crippen LogP contribution in [0.25, 0.3) is 11.3 Å². The number of hydrogen-bond acceptors (Lipinski definition) is 7. The van der Waals surface area contributed by atoms with Crippen LogP contribution in [0.15, 0.2) is 53.2 Å². The molecule has 8 nitrogen and oxygen atoms in total. The third-order valence-electron chi connectivity index (χ3n) is 3.54. The Morgan fingerprint density at radius 3 is 2.77 bits per heavy atom. The highest BCUT2D eigenvalue weighted by atomic mass is 35.5. The Labute approximate surface area is 153 Å². The monoisotopic (exact) mass is 374 g/mol. The van der Waals surface area contributed by atoms with Gasteiger partial charge in [0.25, 0.3) is 11.6 Å². The summed E-state index contributed by atoms with van der Waals surface area (Å²) in [7, 11) is 0. The molecule has 0 amide bonds. The van der Waals surface area contributed by atoms with Gasteiger partial charge in [-0.25, -0.2) is 4.63 Å².